The number of hydrogen-bond acceptors (Lipinski definition) is 7. The molecular formula is C24H30N4O5S2. The summed E-state index contributed by atoms with van der Waals surface area (Å²) in [7, 11) is 0.821. The van der Waals surface area contributed by atoms with Crippen LogP contribution in [0.3, 0.4) is 0 Å². The molecule has 2 aromatic carbocycles. The van der Waals surface area contributed by atoms with E-state index in [9.17, 15) is 18.0 Å². The van der Waals surface area contributed by atoms with Gasteiger partial charge in [-0.2, -0.15) is 0 Å². The topological polar surface area (TPSA) is 108 Å². The van der Waals surface area contributed by atoms with Crippen LogP contribution in [0.25, 0.3) is 0 Å². The summed E-state index contributed by atoms with van der Waals surface area (Å²) in [5.41, 5.74) is 0.943. The molecule has 3 rings (SSSR count). The van der Waals surface area contributed by atoms with Gasteiger partial charge in [0.25, 0.3) is 0 Å². The molecule has 0 unspecified atom stereocenters. The lowest BCUT2D eigenvalue weighted by Gasteiger charge is -2.19. The number of nitrogens with one attached hydrogen (secondary N) is 1. The molecule has 0 bridgehead atoms. The molecule has 1 fully saturated rings. The van der Waals surface area contributed by atoms with Gasteiger partial charge in [-0.05, 0) is 36.2 Å². The van der Waals surface area contributed by atoms with Crippen LogP contribution in [-0.4, -0.2) is 67.6 Å². The summed E-state index contributed by atoms with van der Waals surface area (Å²) in [6.45, 7) is 4.41. The number of aliphatic imine (C=N–C) groups is 1. The van der Waals surface area contributed by atoms with E-state index >= 15 is 0 Å². The number of rotatable bonds is 9. The lowest BCUT2D eigenvalue weighted by atomic mass is 10.2. The van der Waals surface area contributed by atoms with E-state index in [4.69, 9.17) is 4.74 Å². The predicted octanol–water partition coefficient (Wildman–Crippen LogP) is 3.56. The van der Waals surface area contributed by atoms with Crippen molar-refractivity contribution in [2.24, 2.45) is 10.9 Å². The molecule has 1 saturated heterocycles. The number of ether oxygens (including phenoxy) is 1. The molecule has 2 aromatic rings. The summed E-state index contributed by atoms with van der Waals surface area (Å²) in [6, 6.07) is 13.3. The molecule has 1 aliphatic heterocycles. The second-order valence-corrected chi connectivity index (χ2v) is 11.9. The van der Waals surface area contributed by atoms with Crippen molar-refractivity contribution in [2.75, 3.05) is 33.1 Å². The van der Waals surface area contributed by atoms with E-state index in [2.05, 4.69) is 10.3 Å². The van der Waals surface area contributed by atoms with E-state index in [0.29, 0.717) is 28.8 Å². The van der Waals surface area contributed by atoms with Gasteiger partial charge in [-0.25, -0.2) is 17.7 Å². The third-order valence-electron chi connectivity index (χ3n) is 5.14. The van der Waals surface area contributed by atoms with Crippen LogP contribution in [0.4, 0.5) is 11.4 Å². The van der Waals surface area contributed by atoms with Crippen LogP contribution in [0.5, 0.6) is 5.75 Å². The Balaban J connectivity index is 1.84. The summed E-state index contributed by atoms with van der Waals surface area (Å²) < 4.78 is 31.4. The third kappa shape index (κ3) is 6.41. The quantitative estimate of drug-likeness (QED) is 0.544. The van der Waals surface area contributed by atoms with E-state index in [1.165, 1.54) is 45.1 Å². The Kier molecular flexibility index (Phi) is 8.57. The third-order valence-corrected chi connectivity index (χ3v) is 8.13. The van der Waals surface area contributed by atoms with Gasteiger partial charge >= 0.3 is 0 Å². The minimum absolute atomic E-state index is 0.0375. The lowest BCUT2D eigenvalue weighted by molar-refractivity contribution is -0.128. The summed E-state index contributed by atoms with van der Waals surface area (Å²) in [6.07, 6.45) is -0.0375. The van der Waals surface area contributed by atoms with Crippen LogP contribution in [-0.2, 0) is 19.6 Å². The Morgan fingerprint density at radius 2 is 1.91 bits per heavy atom. The highest BCUT2D eigenvalue weighted by Gasteiger charge is 2.39. The molecule has 0 radical (unpaired) electrons. The Hall–Kier alpha value is -2.89. The molecule has 0 aliphatic carbocycles. The zero-order valence-electron chi connectivity index (χ0n) is 20.4. The molecule has 188 valence electrons. The van der Waals surface area contributed by atoms with Crippen molar-refractivity contribution in [1.29, 1.82) is 0 Å². The maximum absolute atomic E-state index is 13.2. The molecule has 11 heteroatoms. The highest BCUT2D eigenvalue weighted by atomic mass is 32.2. The zero-order chi connectivity index (χ0) is 25.8. The maximum atomic E-state index is 13.2. The molecule has 1 atom stereocenters. The fourth-order valence-electron chi connectivity index (χ4n) is 3.41. The summed E-state index contributed by atoms with van der Waals surface area (Å²) in [4.78, 5) is 32.2. The van der Waals surface area contributed by atoms with Gasteiger partial charge in [0, 0.05) is 27.1 Å². The second kappa shape index (κ2) is 11.2. The number of nitrogens with zero attached hydrogens (tertiary/aromatic N) is 3. The molecule has 0 aromatic heterocycles. The summed E-state index contributed by atoms with van der Waals surface area (Å²) >= 11 is 1.21. The number of carbonyl (C=O) groups excluding carboxylic acids is 2. The lowest BCUT2D eigenvalue weighted by Crippen LogP contribution is -2.36. The Labute approximate surface area is 210 Å². The van der Waals surface area contributed by atoms with Crippen molar-refractivity contribution >= 4 is 50.1 Å². The average molecular weight is 519 g/mol. The van der Waals surface area contributed by atoms with Crippen molar-refractivity contribution in [3.8, 4) is 5.75 Å². The van der Waals surface area contributed by atoms with Gasteiger partial charge in [-0.1, -0.05) is 43.8 Å². The van der Waals surface area contributed by atoms with Gasteiger partial charge in [-0.15, -0.1) is 0 Å². The number of anilines is 1. The first-order valence-electron chi connectivity index (χ1n) is 11.0. The van der Waals surface area contributed by atoms with Gasteiger partial charge < -0.3 is 10.1 Å². The predicted molar refractivity (Wildman–Crippen MR) is 139 cm³/mol. The Bertz CT molecular complexity index is 1230. The SMILES string of the molecule is COc1ccccc1NC(=O)C[C@H]1SC(=Nc2cccc(S(=O)(=O)N(C)C)c2)N(CC(C)C)C1=O. The normalized spacial score (nSPS) is 17.5. The van der Waals surface area contributed by atoms with E-state index in [0.717, 1.165) is 4.31 Å². The van der Waals surface area contributed by atoms with Crippen molar-refractivity contribution in [1.82, 2.24) is 9.21 Å². The van der Waals surface area contributed by atoms with E-state index in [1.54, 1.807) is 41.3 Å². The van der Waals surface area contributed by atoms with Crippen molar-refractivity contribution in [3.05, 3.63) is 48.5 Å². The molecule has 35 heavy (non-hydrogen) atoms. The first-order chi connectivity index (χ1) is 16.5. The van der Waals surface area contributed by atoms with Crippen molar-refractivity contribution in [3.63, 3.8) is 0 Å². The van der Waals surface area contributed by atoms with E-state index in [-0.39, 0.29) is 29.0 Å². The number of para-hydroxylation sites is 2. The number of thioether (sulfide) groups is 1. The average Bonchev–Trinajstić information content (AvgIpc) is 3.07. The fraction of sp³-hybridized carbons (Fsp3) is 0.375. The fourth-order valence-corrected chi connectivity index (χ4v) is 5.52. The molecule has 0 spiro atoms. The first kappa shape index (κ1) is 26.7. The largest absolute Gasteiger partial charge is 0.495 e. The highest BCUT2D eigenvalue weighted by molar-refractivity contribution is 8.15. The van der Waals surface area contributed by atoms with Gasteiger partial charge in [0.1, 0.15) is 11.0 Å². The van der Waals surface area contributed by atoms with Crippen molar-refractivity contribution in [2.45, 2.75) is 30.4 Å². The molecular weight excluding hydrogens is 488 g/mol. The van der Waals surface area contributed by atoms with E-state index < -0.39 is 15.3 Å². The van der Waals surface area contributed by atoms with Crippen LogP contribution < -0.4 is 10.1 Å². The number of hydrogen-bond donors (Lipinski definition) is 1. The van der Waals surface area contributed by atoms with Crippen LogP contribution in [0.2, 0.25) is 0 Å². The first-order valence-corrected chi connectivity index (χ1v) is 13.4. The zero-order valence-corrected chi connectivity index (χ0v) is 22.0. The second-order valence-electron chi connectivity index (χ2n) is 8.58. The smallest absolute Gasteiger partial charge is 0.242 e. The number of amidine groups is 1. The molecule has 0 saturated carbocycles. The standard InChI is InChI=1S/C24H30N4O5S2/c1-16(2)15-28-23(30)21(14-22(29)26-19-11-6-7-12-20(19)33-5)34-24(28)25-17-9-8-10-18(13-17)35(31,32)27(3)4/h6-13,16,21H,14-15H2,1-5H3,(H,26,29)/t21-/m1/s1. The molecule has 1 aliphatic rings. The number of carbonyl (C=O) groups is 2. The maximum Gasteiger partial charge on any atom is 0.242 e. The molecule has 1 heterocycles. The number of sulfonamides is 1. The van der Waals surface area contributed by atoms with Crippen LogP contribution in [0, 0.1) is 5.92 Å². The number of benzene rings is 2. The summed E-state index contributed by atoms with van der Waals surface area (Å²) in [5, 5.41) is 2.60. The monoisotopic (exact) mass is 518 g/mol. The molecule has 2 amide bonds. The Morgan fingerprint density at radius 3 is 2.57 bits per heavy atom. The summed E-state index contributed by atoms with van der Waals surface area (Å²) in [5.74, 6) is 0.189. The van der Waals surface area contributed by atoms with Gasteiger partial charge in [0.05, 0.1) is 23.4 Å². The van der Waals surface area contributed by atoms with E-state index in [1.807, 2.05) is 13.8 Å². The van der Waals surface area contributed by atoms with Gasteiger partial charge in [-0.3, -0.25) is 14.5 Å². The molecule has 1 N–H and O–H groups in total. The van der Waals surface area contributed by atoms with Crippen LogP contribution in [0.15, 0.2) is 58.4 Å². The Morgan fingerprint density at radius 1 is 1.20 bits per heavy atom. The minimum Gasteiger partial charge on any atom is -0.495 e. The van der Waals surface area contributed by atoms with Crippen molar-refractivity contribution < 1.29 is 22.7 Å². The number of amides is 2. The molecule has 9 nitrogen and oxygen atoms in total. The minimum atomic E-state index is -3.62. The number of methoxy groups -OCH3 is 1. The van der Waals surface area contributed by atoms with Crippen LogP contribution in [0.1, 0.15) is 20.3 Å². The van der Waals surface area contributed by atoms with Gasteiger partial charge in [0.15, 0.2) is 5.17 Å². The van der Waals surface area contributed by atoms with Crippen LogP contribution >= 0.6 is 11.8 Å². The van der Waals surface area contributed by atoms with Gasteiger partial charge in [0.2, 0.25) is 21.8 Å². The highest BCUT2D eigenvalue weighted by Crippen LogP contribution is 2.33.